The maximum atomic E-state index is 12.1. The van der Waals surface area contributed by atoms with Gasteiger partial charge in [0.05, 0.1) is 29.9 Å². The van der Waals surface area contributed by atoms with Crippen molar-refractivity contribution in [1.29, 1.82) is 0 Å². The van der Waals surface area contributed by atoms with Crippen LogP contribution in [0, 0.1) is 10.1 Å². The predicted molar refractivity (Wildman–Crippen MR) is 113 cm³/mol. The second-order valence-corrected chi connectivity index (χ2v) is 6.30. The van der Waals surface area contributed by atoms with E-state index in [0.29, 0.717) is 22.8 Å². The van der Waals surface area contributed by atoms with Crippen LogP contribution in [0.25, 0.3) is 11.3 Å². The number of anilines is 1. The van der Waals surface area contributed by atoms with Gasteiger partial charge in [0.25, 0.3) is 11.6 Å². The molecule has 158 valence electrons. The van der Waals surface area contributed by atoms with Gasteiger partial charge in [0.15, 0.2) is 0 Å². The lowest BCUT2D eigenvalue weighted by molar-refractivity contribution is -0.384. The Bertz CT molecular complexity index is 1150. The van der Waals surface area contributed by atoms with Crippen molar-refractivity contribution in [2.45, 2.75) is 6.92 Å². The Hall–Kier alpha value is -4.47. The molecule has 0 radical (unpaired) electrons. The third kappa shape index (κ3) is 5.32. The summed E-state index contributed by atoms with van der Waals surface area (Å²) in [6, 6.07) is 13.9. The first-order chi connectivity index (χ1) is 14.9. The largest absolute Gasteiger partial charge is 0.497 e. The fourth-order valence-corrected chi connectivity index (χ4v) is 2.69. The van der Waals surface area contributed by atoms with E-state index in [9.17, 15) is 19.7 Å². The number of nitrogens with zero attached hydrogens (tertiary/aromatic N) is 2. The van der Waals surface area contributed by atoms with E-state index in [1.54, 1.807) is 42.5 Å². The van der Waals surface area contributed by atoms with Crippen molar-refractivity contribution >= 4 is 29.4 Å². The summed E-state index contributed by atoms with van der Waals surface area (Å²) in [7, 11) is 1.42. The van der Waals surface area contributed by atoms with Gasteiger partial charge in [0.1, 0.15) is 17.3 Å². The van der Waals surface area contributed by atoms with Crippen LogP contribution in [0.4, 0.5) is 11.4 Å². The van der Waals surface area contributed by atoms with Crippen molar-refractivity contribution in [3.05, 3.63) is 76.0 Å². The number of rotatable bonds is 7. The van der Waals surface area contributed by atoms with E-state index in [1.807, 2.05) is 0 Å². The fourth-order valence-electron chi connectivity index (χ4n) is 2.69. The molecule has 0 aliphatic carbocycles. The normalized spacial score (nSPS) is 10.6. The summed E-state index contributed by atoms with van der Waals surface area (Å²) < 4.78 is 10.6. The maximum Gasteiger partial charge on any atom is 0.284 e. The Morgan fingerprint density at radius 1 is 1.13 bits per heavy atom. The first-order valence-corrected chi connectivity index (χ1v) is 9.01. The van der Waals surface area contributed by atoms with E-state index in [1.165, 1.54) is 32.4 Å². The third-order valence-electron chi connectivity index (χ3n) is 4.12. The Kier molecular flexibility index (Phi) is 6.41. The molecule has 0 atom stereocenters. The molecule has 1 aromatic heterocycles. The third-order valence-corrected chi connectivity index (χ3v) is 4.12. The molecule has 0 bridgehead atoms. The summed E-state index contributed by atoms with van der Waals surface area (Å²) in [4.78, 5) is 34.0. The van der Waals surface area contributed by atoms with E-state index in [-0.39, 0.29) is 22.9 Å². The molecule has 0 fully saturated rings. The van der Waals surface area contributed by atoms with Crippen molar-refractivity contribution in [2.75, 3.05) is 12.4 Å². The van der Waals surface area contributed by atoms with E-state index in [0.717, 1.165) is 0 Å². The highest BCUT2D eigenvalue weighted by Crippen LogP contribution is 2.33. The van der Waals surface area contributed by atoms with Gasteiger partial charge < -0.3 is 14.5 Å². The van der Waals surface area contributed by atoms with Crippen LogP contribution in [0.1, 0.15) is 23.0 Å². The summed E-state index contributed by atoms with van der Waals surface area (Å²) in [5.74, 6) is 0.261. The van der Waals surface area contributed by atoms with Crippen LogP contribution in [0.2, 0.25) is 0 Å². The van der Waals surface area contributed by atoms with Crippen LogP contribution in [0.3, 0.4) is 0 Å². The topological polar surface area (TPSA) is 136 Å². The van der Waals surface area contributed by atoms with Crippen molar-refractivity contribution < 1.29 is 23.7 Å². The Morgan fingerprint density at radius 2 is 1.87 bits per heavy atom. The van der Waals surface area contributed by atoms with Crippen molar-refractivity contribution in [3.63, 3.8) is 0 Å². The molecule has 0 saturated carbocycles. The minimum atomic E-state index is -0.522. The van der Waals surface area contributed by atoms with Crippen LogP contribution in [-0.2, 0) is 4.79 Å². The number of methoxy groups -OCH3 is 1. The average Bonchev–Trinajstić information content (AvgIpc) is 3.22. The van der Waals surface area contributed by atoms with Crippen molar-refractivity contribution in [2.24, 2.45) is 5.10 Å². The van der Waals surface area contributed by atoms with Gasteiger partial charge in [-0.15, -0.1) is 0 Å². The molecule has 2 amide bonds. The Labute approximate surface area is 176 Å². The van der Waals surface area contributed by atoms with Gasteiger partial charge in [0, 0.05) is 18.2 Å². The van der Waals surface area contributed by atoms with Gasteiger partial charge in [-0.1, -0.05) is 0 Å². The second-order valence-electron chi connectivity index (χ2n) is 6.30. The van der Waals surface area contributed by atoms with Gasteiger partial charge >= 0.3 is 0 Å². The molecule has 0 spiro atoms. The molecule has 2 aromatic carbocycles. The predicted octanol–water partition coefficient (Wildman–Crippen LogP) is 3.59. The lowest BCUT2D eigenvalue weighted by Crippen LogP contribution is -2.17. The number of carbonyl (C=O) groups is 2. The summed E-state index contributed by atoms with van der Waals surface area (Å²) in [5.41, 5.74) is 3.41. The molecule has 0 aliphatic heterocycles. The lowest BCUT2D eigenvalue weighted by atomic mass is 10.1. The van der Waals surface area contributed by atoms with Crippen LogP contribution < -0.4 is 15.5 Å². The van der Waals surface area contributed by atoms with Crippen LogP contribution in [-0.4, -0.2) is 30.1 Å². The van der Waals surface area contributed by atoms with Crippen LogP contribution in [0.5, 0.6) is 5.75 Å². The minimum Gasteiger partial charge on any atom is -0.497 e. The van der Waals surface area contributed by atoms with E-state index in [2.05, 4.69) is 15.8 Å². The number of hydrogen-bond donors (Lipinski definition) is 2. The number of nitro benzene ring substituents is 1. The van der Waals surface area contributed by atoms with Gasteiger partial charge in [0.2, 0.25) is 5.91 Å². The number of benzene rings is 2. The summed E-state index contributed by atoms with van der Waals surface area (Å²) in [5, 5.41) is 17.8. The average molecular weight is 422 g/mol. The minimum absolute atomic E-state index is 0.159. The Morgan fingerprint density at radius 3 is 2.52 bits per heavy atom. The molecule has 3 aromatic rings. The van der Waals surface area contributed by atoms with E-state index < -0.39 is 10.8 Å². The summed E-state index contributed by atoms with van der Waals surface area (Å²) in [6.45, 7) is 1.39. The monoisotopic (exact) mass is 422 g/mol. The SMILES string of the molecule is COc1ccc(-c2ccc(/C=N\NC(=O)c3ccc(NC(C)=O)cc3)o2)c([N+](=O)[O-])c1. The highest BCUT2D eigenvalue weighted by atomic mass is 16.6. The molecule has 10 heteroatoms. The quantitative estimate of drug-likeness (QED) is 0.339. The Balaban J connectivity index is 1.68. The van der Waals surface area contributed by atoms with Crippen molar-refractivity contribution in [3.8, 4) is 17.1 Å². The van der Waals surface area contributed by atoms with Crippen molar-refractivity contribution in [1.82, 2.24) is 5.43 Å². The first kappa shape index (κ1) is 21.2. The molecule has 0 saturated heterocycles. The molecule has 3 rings (SSSR count). The number of ether oxygens (including phenoxy) is 1. The van der Waals surface area contributed by atoms with Gasteiger partial charge in [-0.05, 0) is 48.5 Å². The number of hydrazone groups is 1. The van der Waals surface area contributed by atoms with E-state index in [4.69, 9.17) is 9.15 Å². The number of nitro groups is 1. The highest BCUT2D eigenvalue weighted by molar-refractivity contribution is 5.96. The van der Waals surface area contributed by atoms with Gasteiger partial charge in [-0.25, -0.2) is 5.43 Å². The zero-order chi connectivity index (χ0) is 22.4. The second kappa shape index (κ2) is 9.35. The lowest BCUT2D eigenvalue weighted by Gasteiger charge is -2.03. The molecule has 1 heterocycles. The molecule has 0 unspecified atom stereocenters. The van der Waals surface area contributed by atoms with Gasteiger partial charge in [-0.2, -0.15) is 5.10 Å². The fraction of sp³-hybridized carbons (Fsp3) is 0.0952. The van der Waals surface area contributed by atoms with Crippen LogP contribution in [0.15, 0.2) is 64.1 Å². The molecular formula is C21H18N4O6. The highest BCUT2D eigenvalue weighted by Gasteiger charge is 2.19. The number of amides is 2. The molecular weight excluding hydrogens is 404 g/mol. The molecule has 31 heavy (non-hydrogen) atoms. The molecule has 0 aliphatic rings. The smallest absolute Gasteiger partial charge is 0.284 e. The zero-order valence-electron chi connectivity index (χ0n) is 16.6. The standard InChI is InChI=1S/C21H18N4O6/c1-13(26)23-15-5-3-14(4-6-15)21(27)24-22-12-17-8-10-20(31-17)18-9-7-16(30-2)11-19(18)25(28)29/h3-12H,1-2H3,(H,23,26)(H,24,27)/b22-12-. The number of carbonyl (C=O) groups excluding carboxylic acids is 2. The molecule has 2 N–H and O–H groups in total. The van der Waals surface area contributed by atoms with Crippen LogP contribution >= 0.6 is 0 Å². The van der Waals surface area contributed by atoms with Gasteiger partial charge in [-0.3, -0.25) is 19.7 Å². The maximum absolute atomic E-state index is 12.1. The molecule has 10 nitrogen and oxygen atoms in total. The first-order valence-electron chi connectivity index (χ1n) is 9.01. The number of nitrogens with one attached hydrogen (secondary N) is 2. The number of hydrogen-bond acceptors (Lipinski definition) is 7. The number of furan rings is 1. The summed E-state index contributed by atoms with van der Waals surface area (Å²) in [6.07, 6.45) is 1.28. The van der Waals surface area contributed by atoms with E-state index >= 15 is 0 Å². The zero-order valence-corrected chi connectivity index (χ0v) is 16.6. The summed E-state index contributed by atoms with van der Waals surface area (Å²) >= 11 is 0.